The molecular formula is C17H23N7O2. The van der Waals surface area contributed by atoms with Gasteiger partial charge in [0, 0.05) is 32.3 Å². The standard InChI is InChI=1S/C17H23N7O2/c25-17(19-8-14-4-2-6-26-14)13-3-1-5-23(9-13)15-7-16(21-11-20-15)24-12-18-10-22-24/h7,10-14H,1-6,8-9H2,(H,19,25). The number of hydrogen-bond donors (Lipinski definition) is 1. The topological polar surface area (TPSA) is 98.1 Å². The highest BCUT2D eigenvalue weighted by molar-refractivity contribution is 5.79. The Morgan fingerprint density at radius 3 is 2.96 bits per heavy atom. The monoisotopic (exact) mass is 357 g/mol. The van der Waals surface area contributed by atoms with Crippen molar-refractivity contribution in [2.45, 2.75) is 31.8 Å². The Morgan fingerprint density at radius 1 is 1.23 bits per heavy atom. The Labute approximate surface area is 151 Å². The number of rotatable bonds is 5. The lowest BCUT2D eigenvalue weighted by Crippen LogP contribution is -2.45. The highest BCUT2D eigenvalue weighted by Gasteiger charge is 2.27. The number of anilines is 1. The number of carbonyl (C=O) groups is 1. The van der Waals surface area contributed by atoms with Gasteiger partial charge in [-0.2, -0.15) is 5.10 Å². The second-order valence-electron chi connectivity index (χ2n) is 6.74. The van der Waals surface area contributed by atoms with Gasteiger partial charge in [0.15, 0.2) is 5.82 Å². The Kier molecular flexibility index (Phi) is 5.05. The minimum atomic E-state index is -0.0325. The van der Waals surface area contributed by atoms with Crippen LogP contribution in [0.15, 0.2) is 25.0 Å². The van der Waals surface area contributed by atoms with Gasteiger partial charge in [0.1, 0.15) is 24.8 Å². The Hall–Kier alpha value is -2.55. The second kappa shape index (κ2) is 7.77. The summed E-state index contributed by atoms with van der Waals surface area (Å²) in [7, 11) is 0. The van der Waals surface area contributed by atoms with Crippen molar-refractivity contribution in [1.29, 1.82) is 0 Å². The van der Waals surface area contributed by atoms with Crippen molar-refractivity contribution < 1.29 is 9.53 Å². The van der Waals surface area contributed by atoms with Gasteiger partial charge < -0.3 is 15.0 Å². The van der Waals surface area contributed by atoms with Crippen molar-refractivity contribution in [3.05, 3.63) is 25.0 Å². The van der Waals surface area contributed by atoms with Crippen molar-refractivity contribution >= 4 is 11.7 Å². The molecule has 0 aromatic carbocycles. The zero-order valence-corrected chi connectivity index (χ0v) is 14.6. The van der Waals surface area contributed by atoms with E-state index in [4.69, 9.17) is 4.74 Å². The zero-order valence-electron chi connectivity index (χ0n) is 14.6. The number of ether oxygens (including phenoxy) is 1. The first-order valence-electron chi connectivity index (χ1n) is 9.11. The van der Waals surface area contributed by atoms with Crippen LogP contribution in [-0.2, 0) is 9.53 Å². The molecule has 9 nitrogen and oxygen atoms in total. The third-order valence-electron chi connectivity index (χ3n) is 4.94. The lowest BCUT2D eigenvalue weighted by Gasteiger charge is -2.33. The smallest absolute Gasteiger partial charge is 0.224 e. The molecule has 2 aliphatic rings. The van der Waals surface area contributed by atoms with Crippen LogP contribution < -0.4 is 10.2 Å². The Morgan fingerprint density at radius 2 is 2.15 bits per heavy atom. The first-order valence-corrected chi connectivity index (χ1v) is 9.11. The van der Waals surface area contributed by atoms with Crippen LogP contribution in [-0.4, -0.2) is 63.0 Å². The van der Waals surface area contributed by atoms with E-state index in [-0.39, 0.29) is 17.9 Å². The van der Waals surface area contributed by atoms with E-state index in [9.17, 15) is 4.79 Å². The highest BCUT2D eigenvalue weighted by Crippen LogP contribution is 2.22. The van der Waals surface area contributed by atoms with Crippen molar-refractivity contribution in [1.82, 2.24) is 30.0 Å². The normalized spacial score (nSPS) is 23.2. The van der Waals surface area contributed by atoms with Gasteiger partial charge in [0.25, 0.3) is 0 Å². The number of nitrogens with one attached hydrogen (secondary N) is 1. The summed E-state index contributed by atoms with van der Waals surface area (Å²) in [6, 6.07) is 1.88. The fraction of sp³-hybridized carbons (Fsp3) is 0.588. The molecule has 0 saturated carbocycles. The maximum absolute atomic E-state index is 12.5. The van der Waals surface area contributed by atoms with Gasteiger partial charge >= 0.3 is 0 Å². The van der Waals surface area contributed by atoms with Crippen LogP contribution in [0, 0.1) is 5.92 Å². The summed E-state index contributed by atoms with van der Waals surface area (Å²) in [5.74, 6) is 1.55. The number of piperidine rings is 1. The van der Waals surface area contributed by atoms with E-state index in [1.165, 1.54) is 12.7 Å². The van der Waals surface area contributed by atoms with Crippen molar-refractivity contribution in [3.63, 3.8) is 0 Å². The van der Waals surface area contributed by atoms with Crippen LogP contribution in [0.3, 0.4) is 0 Å². The van der Waals surface area contributed by atoms with E-state index < -0.39 is 0 Å². The van der Waals surface area contributed by atoms with E-state index >= 15 is 0 Å². The quantitative estimate of drug-likeness (QED) is 0.835. The molecule has 26 heavy (non-hydrogen) atoms. The highest BCUT2D eigenvalue weighted by atomic mass is 16.5. The molecule has 1 amide bonds. The van der Waals surface area contributed by atoms with E-state index in [2.05, 4.69) is 30.3 Å². The lowest BCUT2D eigenvalue weighted by molar-refractivity contribution is -0.125. The number of carbonyl (C=O) groups excluding carboxylic acids is 1. The lowest BCUT2D eigenvalue weighted by atomic mass is 9.97. The molecule has 0 spiro atoms. The molecule has 2 aromatic rings. The average molecular weight is 357 g/mol. The SMILES string of the molecule is O=C(NCC1CCCO1)C1CCCN(c2cc(-n3cncn3)ncn2)C1. The summed E-state index contributed by atoms with van der Waals surface area (Å²) >= 11 is 0. The van der Waals surface area contributed by atoms with Crippen molar-refractivity contribution in [2.24, 2.45) is 5.92 Å². The van der Waals surface area contributed by atoms with Crippen LogP contribution in [0.4, 0.5) is 5.82 Å². The van der Waals surface area contributed by atoms with E-state index in [0.29, 0.717) is 18.9 Å². The third-order valence-corrected chi connectivity index (χ3v) is 4.94. The molecule has 138 valence electrons. The summed E-state index contributed by atoms with van der Waals surface area (Å²) in [4.78, 5) is 27.2. The molecule has 0 bridgehead atoms. The summed E-state index contributed by atoms with van der Waals surface area (Å²) in [5, 5.41) is 7.15. The van der Waals surface area contributed by atoms with Crippen LogP contribution in [0.25, 0.3) is 5.82 Å². The molecule has 2 saturated heterocycles. The molecule has 2 atom stereocenters. The Balaban J connectivity index is 1.38. The minimum absolute atomic E-state index is 0.0325. The van der Waals surface area contributed by atoms with Crippen LogP contribution in [0.2, 0.25) is 0 Å². The first kappa shape index (κ1) is 16.9. The van der Waals surface area contributed by atoms with Gasteiger partial charge in [-0.15, -0.1) is 0 Å². The zero-order chi connectivity index (χ0) is 17.8. The fourth-order valence-electron chi connectivity index (χ4n) is 3.53. The van der Waals surface area contributed by atoms with Crippen molar-refractivity contribution in [3.8, 4) is 5.82 Å². The predicted octanol–water partition coefficient (Wildman–Crippen LogP) is 0.569. The molecule has 2 aromatic heterocycles. The predicted molar refractivity (Wildman–Crippen MR) is 93.9 cm³/mol. The van der Waals surface area contributed by atoms with E-state index in [1.54, 1.807) is 11.0 Å². The van der Waals surface area contributed by atoms with Gasteiger partial charge in [-0.3, -0.25) is 4.79 Å². The maximum Gasteiger partial charge on any atom is 0.224 e. The molecule has 0 radical (unpaired) electrons. The molecule has 2 fully saturated rings. The molecule has 2 aliphatic heterocycles. The number of amides is 1. The number of hydrogen-bond acceptors (Lipinski definition) is 7. The molecule has 1 N–H and O–H groups in total. The first-order chi connectivity index (χ1) is 12.8. The number of aromatic nitrogens is 5. The third kappa shape index (κ3) is 3.82. The molecule has 2 unspecified atom stereocenters. The second-order valence-corrected chi connectivity index (χ2v) is 6.74. The van der Waals surface area contributed by atoms with Crippen LogP contribution in [0.5, 0.6) is 0 Å². The largest absolute Gasteiger partial charge is 0.376 e. The summed E-state index contributed by atoms with van der Waals surface area (Å²) < 4.78 is 7.17. The van der Waals surface area contributed by atoms with Gasteiger partial charge in [-0.1, -0.05) is 0 Å². The maximum atomic E-state index is 12.5. The molecule has 4 heterocycles. The van der Waals surface area contributed by atoms with Gasteiger partial charge in [0.05, 0.1) is 12.0 Å². The molecule has 9 heteroatoms. The summed E-state index contributed by atoms with van der Waals surface area (Å²) in [6.45, 7) is 2.95. The van der Waals surface area contributed by atoms with Gasteiger partial charge in [0.2, 0.25) is 5.91 Å². The van der Waals surface area contributed by atoms with Crippen LogP contribution in [0.1, 0.15) is 25.7 Å². The fourth-order valence-corrected chi connectivity index (χ4v) is 3.53. The Bertz CT molecular complexity index is 730. The number of nitrogens with zero attached hydrogens (tertiary/aromatic N) is 6. The average Bonchev–Trinajstić information content (AvgIpc) is 3.40. The van der Waals surface area contributed by atoms with Gasteiger partial charge in [-0.05, 0) is 25.7 Å². The molecular weight excluding hydrogens is 334 g/mol. The summed E-state index contributed by atoms with van der Waals surface area (Å²) in [6.07, 6.45) is 8.73. The molecule has 4 rings (SSSR count). The van der Waals surface area contributed by atoms with Gasteiger partial charge in [-0.25, -0.2) is 19.6 Å². The van der Waals surface area contributed by atoms with Crippen molar-refractivity contribution in [2.75, 3.05) is 31.1 Å². The molecule has 0 aliphatic carbocycles. The minimum Gasteiger partial charge on any atom is -0.376 e. The van der Waals surface area contributed by atoms with E-state index in [1.807, 2.05) is 6.07 Å². The van der Waals surface area contributed by atoms with Crippen LogP contribution >= 0.6 is 0 Å². The summed E-state index contributed by atoms with van der Waals surface area (Å²) in [5.41, 5.74) is 0. The van der Waals surface area contributed by atoms with E-state index in [0.717, 1.165) is 44.7 Å².